The Morgan fingerprint density at radius 1 is 1.29 bits per heavy atom. The molecule has 0 aliphatic carbocycles. The van der Waals surface area contributed by atoms with Gasteiger partial charge in [0.1, 0.15) is 0 Å². The topological polar surface area (TPSA) is 57.8 Å². The Morgan fingerprint density at radius 3 is 2.81 bits per heavy atom. The van der Waals surface area contributed by atoms with Crippen LogP contribution in [0.15, 0.2) is 39.1 Å². The third-order valence-corrected chi connectivity index (χ3v) is 4.02. The Morgan fingerprint density at radius 2 is 2.10 bits per heavy atom. The van der Waals surface area contributed by atoms with E-state index in [4.69, 9.17) is 0 Å². The first-order valence-corrected chi connectivity index (χ1v) is 7.96. The number of benzene rings is 1. The Bertz CT molecular complexity index is 667. The lowest BCUT2D eigenvalue weighted by Crippen LogP contribution is -2.14. The molecule has 2 rings (SSSR count). The first kappa shape index (κ1) is 15.8. The minimum Gasteiger partial charge on any atom is -0.313 e. The molecular weight excluding hydrogens is 282 g/mol. The number of nitrogens with zero attached hydrogens (tertiary/aromatic N) is 1. The van der Waals surface area contributed by atoms with Crippen LogP contribution in [0.3, 0.4) is 0 Å². The number of nitrogens with one attached hydrogen (secondary N) is 2. The lowest BCUT2D eigenvalue weighted by Gasteiger charge is -2.11. The zero-order valence-electron chi connectivity index (χ0n) is 12.7. The van der Waals surface area contributed by atoms with Crippen LogP contribution in [0.25, 0.3) is 0 Å². The van der Waals surface area contributed by atoms with Crippen molar-refractivity contribution in [2.45, 2.75) is 43.8 Å². The van der Waals surface area contributed by atoms with Crippen LogP contribution >= 0.6 is 11.8 Å². The second-order valence-corrected chi connectivity index (χ2v) is 6.11. The van der Waals surface area contributed by atoms with Crippen LogP contribution in [0.4, 0.5) is 0 Å². The highest BCUT2D eigenvalue weighted by Crippen LogP contribution is 2.28. The van der Waals surface area contributed by atoms with Gasteiger partial charge in [-0.1, -0.05) is 36.4 Å². The summed E-state index contributed by atoms with van der Waals surface area (Å²) in [6.07, 6.45) is 1.11. The maximum Gasteiger partial charge on any atom is 0.251 e. The molecule has 21 heavy (non-hydrogen) atoms. The summed E-state index contributed by atoms with van der Waals surface area (Å²) in [5, 5.41) is 4.06. The fourth-order valence-electron chi connectivity index (χ4n) is 2.05. The molecule has 0 unspecified atom stereocenters. The van der Waals surface area contributed by atoms with Crippen molar-refractivity contribution in [1.29, 1.82) is 0 Å². The third kappa shape index (κ3) is 4.72. The van der Waals surface area contributed by atoms with Gasteiger partial charge in [-0.15, -0.1) is 0 Å². The van der Waals surface area contributed by atoms with Crippen molar-refractivity contribution in [2.24, 2.45) is 0 Å². The molecule has 1 aromatic heterocycles. The summed E-state index contributed by atoms with van der Waals surface area (Å²) in [4.78, 5) is 19.8. The van der Waals surface area contributed by atoms with E-state index >= 15 is 0 Å². The Hall–Kier alpha value is -1.59. The molecule has 0 radical (unpaired) electrons. The summed E-state index contributed by atoms with van der Waals surface area (Å²) in [6, 6.07) is 7.85. The Balaban J connectivity index is 2.23. The molecule has 0 aliphatic heterocycles. The number of hydrogen-bond acceptors (Lipinski definition) is 4. The highest BCUT2D eigenvalue weighted by molar-refractivity contribution is 7.99. The maximum absolute atomic E-state index is 11.5. The van der Waals surface area contributed by atoms with Gasteiger partial charge in [-0.25, -0.2) is 4.98 Å². The van der Waals surface area contributed by atoms with Gasteiger partial charge in [0.25, 0.3) is 5.56 Å². The van der Waals surface area contributed by atoms with Crippen LogP contribution in [-0.4, -0.2) is 16.5 Å². The van der Waals surface area contributed by atoms with Gasteiger partial charge in [0.2, 0.25) is 0 Å². The molecule has 1 heterocycles. The lowest BCUT2D eigenvalue weighted by molar-refractivity contribution is 0.669. The normalized spacial score (nSPS) is 10.8. The molecule has 5 heteroatoms. The highest BCUT2D eigenvalue weighted by atomic mass is 32.2. The van der Waals surface area contributed by atoms with E-state index in [0.717, 1.165) is 30.1 Å². The lowest BCUT2D eigenvalue weighted by atomic mass is 10.1. The fourth-order valence-corrected chi connectivity index (χ4v) is 3.00. The molecule has 0 saturated heterocycles. The second-order valence-electron chi connectivity index (χ2n) is 5.08. The minimum atomic E-state index is -0.109. The minimum absolute atomic E-state index is 0.109. The molecular formula is C16H21N3OS. The van der Waals surface area contributed by atoms with Crippen molar-refractivity contribution in [3.63, 3.8) is 0 Å². The molecule has 4 nitrogen and oxygen atoms in total. The number of aromatic nitrogens is 2. The van der Waals surface area contributed by atoms with E-state index in [1.807, 2.05) is 6.92 Å². The molecule has 2 N–H and O–H groups in total. The van der Waals surface area contributed by atoms with E-state index in [1.54, 1.807) is 0 Å². The van der Waals surface area contributed by atoms with Crippen LogP contribution in [-0.2, 0) is 6.54 Å². The van der Waals surface area contributed by atoms with Crippen molar-refractivity contribution in [3.8, 4) is 0 Å². The van der Waals surface area contributed by atoms with Gasteiger partial charge in [0, 0.05) is 23.2 Å². The zero-order valence-corrected chi connectivity index (χ0v) is 13.5. The van der Waals surface area contributed by atoms with Crippen LogP contribution in [0.2, 0.25) is 0 Å². The average molecular weight is 303 g/mol. The third-order valence-electron chi connectivity index (χ3n) is 3.01. The summed E-state index contributed by atoms with van der Waals surface area (Å²) < 4.78 is 0. The molecule has 0 aliphatic rings. The summed E-state index contributed by atoms with van der Waals surface area (Å²) in [5.74, 6) is 0. The number of hydrogen-bond donors (Lipinski definition) is 2. The second kappa shape index (κ2) is 7.43. The van der Waals surface area contributed by atoms with Gasteiger partial charge in [0.15, 0.2) is 5.16 Å². The van der Waals surface area contributed by atoms with Gasteiger partial charge in [0.05, 0.1) is 0 Å². The zero-order chi connectivity index (χ0) is 15.2. The number of aryl methyl sites for hydroxylation is 2. The standard InChI is InChI=1S/C16H21N3OS/c1-4-7-17-10-13-8-11(2)5-6-14(13)21-16-18-12(3)9-15(20)19-16/h5-6,8-9,17H,4,7,10H2,1-3H3,(H,18,19,20). The predicted octanol–water partition coefficient (Wildman–Crippen LogP) is 3.04. The van der Waals surface area contributed by atoms with Crippen molar-refractivity contribution in [1.82, 2.24) is 15.3 Å². The Labute approximate surface area is 129 Å². The molecule has 0 spiro atoms. The van der Waals surface area contributed by atoms with Crippen LogP contribution in [0.5, 0.6) is 0 Å². The highest BCUT2D eigenvalue weighted by Gasteiger charge is 2.07. The van der Waals surface area contributed by atoms with Crippen molar-refractivity contribution >= 4 is 11.8 Å². The predicted molar refractivity (Wildman–Crippen MR) is 86.9 cm³/mol. The van der Waals surface area contributed by atoms with Gasteiger partial charge in [-0.05, 0) is 38.4 Å². The molecule has 0 bridgehead atoms. The van der Waals surface area contributed by atoms with E-state index in [-0.39, 0.29) is 5.56 Å². The van der Waals surface area contributed by atoms with Crippen LogP contribution < -0.4 is 10.9 Å². The van der Waals surface area contributed by atoms with E-state index in [0.29, 0.717) is 5.16 Å². The summed E-state index contributed by atoms with van der Waals surface area (Å²) >= 11 is 1.50. The monoisotopic (exact) mass is 303 g/mol. The molecule has 2 aromatic rings. The SMILES string of the molecule is CCCNCc1cc(C)ccc1Sc1nc(C)cc(=O)[nH]1. The van der Waals surface area contributed by atoms with Crippen LogP contribution in [0.1, 0.15) is 30.2 Å². The molecule has 0 amide bonds. The number of rotatable bonds is 6. The van der Waals surface area contributed by atoms with Crippen molar-refractivity contribution < 1.29 is 0 Å². The smallest absolute Gasteiger partial charge is 0.251 e. The van der Waals surface area contributed by atoms with Gasteiger partial charge in [-0.2, -0.15) is 0 Å². The summed E-state index contributed by atoms with van der Waals surface area (Å²) in [6.45, 7) is 7.90. The quantitative estimate of drug-likeness (QED) is 0.636. The van der Waals surface area contributed by atoms with Gasteiger partial charge in [-0.3, -0.25) is 4.79 Å². The maximum atomic E-state index is 11.5. The van der Waals surface area contributed by atoms with Crippen molar-refractivity contribution in [3.05, 3.63) is 51.4 Å². The van der Waals surface area contributed by atoms with E-state index in [2.05, 4.69) is 47.3 Å². The first-order valence-electron chi connectivity index (χ1n) is 7.14. The average Bonchev–Trinajstić information content (AvgIpc) is 2.41. The summed E-state index contributed by atoms with van der Waals surface area (Å²) in [5.41, 5.74) is 3.10. The van der Waals surface area contributed by atoms with E-state index < -0.39 is 0 Å². The van der Waals surface area contributed by atoms with Gasteiger partial charge >= 0.3 is 0 Å². The molecule has 0 atom stereocenters. The number of aromatic amines is 1. The van der Waals surface area contributed by atoms with Gasteiger partial charge < -0.3 is 10.3 Å². The van der Waals surface area contributed by atoms with Crippen LogP contribution in [0, 0.1) is 13.8 Å². The molecule has 0 saturated carbocycles. The molecule has 0 fully saturated rings. The van der Waals surface area contributed by atoms with Crippen molar-refractivity contribution in [2.75, 3.05) is 6.54 Å². The fraction of sp³-hybridized carbons (Fsp3) is 0.375. The first-order chi connectivity index (χ1) is 10.1. The molecule has 112 valence electrons. The van der Waals surface area contributed by atoms with E-state index in [9.17, 15) is 4.79 Å². The number of H-pyrrole nitrogens is 1. The summed E-state index contributed by atoms with van der Waals surface area (Å²) in [7, 11) is 0. The largest absolute Gasteiger partial charge is 0.313 e. The molecule has 1 aromatic carbocycles. The Kier molecular flexibility index (Phi) is 5.59. The van der Waals surface area contributed by atoms with E-state index in [1.165, 1.54) is 29.0 Å².